The molecule has 0 aromatic heterocycles. The average Bonchev–Trinajstić information content (AvgIpc) is 2.50. The predicted octanol–water partition coefficient (Wildman–Crippen LogP) is 2.31. The van der Waals surface area contributed by atoms with Crippen LogP contribution in [0.4, 0.5) is 0 Å². The van der Waals surface area contributed by atoms with E-state index >= 15 is 0 Å². The highest BCUT2D eigenvalue weighted by Gasteiger charge is 2.15. The molecule has 0 spiro atoms. The van der Waals surface area contributed by atoms with Gasteiger partial charge in [-0.1, -0.05) is 28.1 Å². The fourth-order valence-electron chi connectivity index (χ4n) is 1.10. The molecule has 0 bridgehead atoms. The fourth-order valence-corrected chi connectivity index (χ4v) is 1.54. The van der Waals surface area contributed by atoms with E-state index < -0.39 is 0 Å². The number of halogens is 1. The molecule has 2 nitrogen and oxygen atoms in total. The molecule has 58 valence electrons. The van der Waals surface area contributed by atoms with Crippen molar-refractivity contribution in [3.63, 3.8) is 0 Å². The molecule has 2 rings (SSSR count). The van der Waals surface area contributed by atoms with Crippen molar-refractivity contribution in [1.29, 1.82) is 0 Å². The third kappa shape index (κ3) is 1.09. The van der Waals surface area contributed by atoms with E-state index in [1.165, 1.54) is 0 Å². The van der Waals surface area contributed by atoms with Crippen LogP contribution in [0.15, 0.2) is 18.2 Å². The average molecular weight is 215 g/mol. The lowest BCUT2D eigenvalue weighted by Gasteiger charge is -1.99. The quantitative estimate of drug-likeness (QED) is 0.669. The van der Waals surface area contributed by atoms with Crippen molar-refractivity contribution in [3.8, 4) is 11.5 Å². The van der Waals surface area contributed by atoms with Crippen LogP contribution in [-0.4, -0.2) is 6.79 Å². The van der Waals surface area contributed by atoms with Crippen LogP contribution in [0, 0.1) is 0 Å². The molecule has 0 fully saturated rings. The molecule has 3 heteroatoms. The van der Waals surface area contributed by atoms with Gasteiger partial charge in [-0.05, 0) is 6.07 Å². The van der Waals surface area contributed by atoms with Crippen molar-refractivity contribution in [2.45, 2.75) is 5.33 Å². The molecular weight excluding hydrogens is 208 g/mol. The summed E-state index contributed by atoms with van der Waals surface area (Å²) in [6.07, 6.45) is 0. The lowest BCUT2D eigenvalue weighted by Crippen LogP contribution is -1.93. The molecule has 0 unspecified atom stereocenters. The van der Waals surface area contributed by atoms with Gasteiger partial charge in [-0.2, -0.15) is 0 Å². The molecule has 1 aromatic carbocycles. The maximum atomic E-state index is 5.27. The minimum Gasteiger partial charge on any atom is -0.454 e. The highest BCUT2D eigenvalue weighted by atomic mass is 79.9. The van der Waals surface area contributed by atoms with Crippen molar-refractivity contribution >= 4 is 15.9 Å². The number of ether oxygens (including phenoxy) is 2. The smallest absolute Gasteiger partial charge is 0.231 e. The topological polar surface area (TPSA) is 18.5 Å². The normalized spacial score (nSPS) is 13.5. The summed E-state index contributed by atoms with van der Waals surface area (Å²) in [5.74, 6) is 1.73. The summed E-state index contributed by atoms with van der Waals surface area (Å²) in [5, 5.41) is 0.805. The third-order valence-corrected chi connectivity index (χ3v) is 2.23. The van der Waals surface area contributed by atoms with Crippen molar-refractivity contribution in [2.75, 3.05) is 6.79 Å². The second-order valence-electron chi connectivity index (χ2n) is 2.28. The zero-order valence-corrected chi connectivity index (χ0v) is 7.43. The summed E-state index contributed by atoms with van der Waals surface area (Å²) in [6, 6.07) is 5.89. The molecule has 0 atom stereocenters. The van der Waals surface area contributed by atoms with Crippen LogP contribution < -0.4 is 9.47 Å². The molecule has 1 heterocycles. The van der Waals surface area contributed by atoms with Crippen molar-refractivity contribution in [1.82, 2.24) is 0 Å². The Hall–Kier alpha value is -0.700. The van der Waals surface area contributed by atoms with Gasteiger partial charge >= 0.3 is 0 Å². The molecule has 11 heavy (non-hydrogen) atoms. The standard InChI is InChI=1S/C8H7BrO2/c9-4-6-2-1-3-7-8(6)11-5-10-7/h1-3H,4-5H2. The van der Waals surface area contributed by atoms with Gasteiger partial charge in [0.15, 0.2) is 11.5 Å². The zero-order chi connectivity index (χ0) is 7.68. The summed E-state index contributed by atoms with van der Waals surface area (Å²) in [5.41, 5.74) is 1.14. The van der Waals surface area contributed by atoms with Gasteiger partial charge in [-0.3, -0.25) is 0 Å². The van der Waals surface area contributed by atoms with Crippen LogP contribution >= 0.6 is 15.9 Å². The number of rotatable bonds is 1. The van der Waals surface area contributed by atoms with E-state index in [0.29, 0.717) is 6.79 Å². The SMILES string of the molecule is BrCc1cccc2c1OCO2. The maximum absolute atomic E-state index is 5.27. The van der Waals surface area contributed by atoms with Crippen LogP contribution in [0.5, 0.6) is 11.5 Å². The minimum atomic E-state index is 0.347. The summed E-state index contributed by atoms with van der Waals surface area (Å²) in [7, 11) is 0. The second-order valence-corrected chi connectivity index (χ2v) is 2.85. The summed E-state index contributed by atoms with van der Waals surface area (Å²) < 4.78 is 10.5. The highest BCUT2D eigenvalue weighted by molar-refractivity contribution is 9.08. The van der Waals surface area contributed by atoms with Gasteiger partial charge in [0, 0.05) is 10.9 Å². The number of benzene rings is 1. The number of fused-ring (bicyclic) bond motifs is 1. The molecule has 1 aliphatic heterocycles. The monoisotopic (exact) mass is 214 g/mol. The lowest BCUT2D eigenvalue weighted by molar-refractivity contribution is 0.173. The molecule has 0 saturated heterocycles. The van der Waals surface area contributed by atoms with E-state index in [1.807, 2.05) is 18.2 Å². The van der Waals surface area contributed by atoms with Crippen LogP contribution in [0.3, 0.4) is 0 Å². The Bertz CT molecular complexity index is 273. The minimum absolute atomic E-state index is 0.347. The molecule has 0 radical (unpaired) electrons. The van der Waals surface area contributed by atoms with Gasteiger partial charge in [-0.25, -0.2) is 0 Å². The predicted molar refractivity (Wildman–Crippen MR) is 45.2 cm³/mol. The third-order valence-electron chi connectivity index (χ3n) is 1.62. The second kappa shape index (κ2) is 2.74. The zero-order valence-electron chi connectivity index (χ0n) is 5.84. The van der Waals surface area contributed by atoms with E-state index in [9.17, 15) is 0 Å². The number of hydrogen-bond acceptors (Lipinski definition) is 2. The fraction of sp³-hybridized carbons (Fsp3) is 0.250. The molecule has 0 amide bonds. The Morgan fingerprint density at radius 2 is 2.27 bits per heavy atom. The van der Waals surface area contributed by atoms with E-state index in [1.54, 1.807) is 0 Å². The Balaban J connectivity index is 2.50. The summed E-state index contributed by atoms with van der Waals surface area (Å²) in [6.45, 7) is 0.347. The van der Waals surface area contributed by atoms with E-state index in [-0.39, 0.29) is 0 Å². The van der Waals surface area contributed by atoms with Gasteiger partial charge in [0.1, 0.15) is 0 Å². The summed E-state index contributed by atoms with van der Waals surface area (Å²) >= 11 is 3.38. The van der Waals surface area contributed by atoms with E-state index in [0.717, 1.165) is 22.4 Å². The first-order valence-corrected chi connectivity index (χ1v) is 4.47. The Morgan fingerprint density at radius 3 is 3.09 bits per heavy atom. The first-order valence-electron chi connectivity index (χ1n) is 3.35. The van der Waals surface area contributed by atoms with Gasteiger partial charge in [0.05, 0.1) is 0 Å². The number of para-hydroxylation sites is 1. The Kier molecular flexibility index (Phi) is 1.74. The van der Waals surface area contributed by atoms with Gasteiger partial charge < -0.3 is 9.47 Å². The van der Waals surface area contributed by atoms with Crippen LogP contribution in [0.2, 0.25) is 0 Å². The van der Waals surface area contributed by atoms with Gasteiger partial charge in [0.2, 0.25) is 6.79 Å². The molecule has 0 saturated carbocycles. The van der Waals surface area contributed by atoms with Crippen molar-refractivity contribution in [2.24, 2.45) is 0 Å². The molecule has 0 N–H and O–H groups in total. The summed E-state index contributed by atoms with van der Waals surface area (Å²) in [4.78, 5) is 0. The van der Waals surface area contributed by atoms with Crippen molar-refractivity contribution < 1.29 is 9.47 Å². The van der Waals surface area contributed by atoms with Crippen LogP contribution in [-0.2, 0) is 5.33 Å². The van der Waals surface area contributed by atoms with E-state index in [4.69, 9.17) is 9.47 Å². The number of alkyl halides is 1. The van der Waals surface area contributed by atoms with Gasteiger partial charge in [-0.15, -0.1) is 0 Å². The maximum Gasteiger partial charge on any atom is 0.231 e. The lowest BCUT2D eigenvalue weighted by atomic mass is 10.2. The first kappa shape index (κ1) is 6.98. The van der Waals surface area contributed by atoms with Crippen LogP contribution in [0.1, 0.15) is 5.56 Å². The van der Waals surface area contributed by atoms with Crippen LogP contribution in [0.25, 0.3) is 0 Å². The largest absolute Gasteiger partial charge is 0.454 e. The Morgan fingerprint density at radius 1 is 1.36 bits per heavy atom. The van der Waals surface area contributed by atoms with Crippen molar-refractivity contribution in [3.05, 3.63) is 23.8 Å². The number of hydrogen-bond donors (Lipinski definition) is 0. The molecule has 1 aliphatic rings. The molecular formula is C8H7BrO2. The van der Waals surface area contributed by atoms with E-state index in [2.05, 4.69) is 15.9 Å². The Labute approximate surface area is 73.3 Å². The first-order chi connectivity index (χ1) is 5.42. The molecule has 1 aromatic rings. The highest BCUT2D eigenvalue weighted by Crippen LogP contribution is 2.35. The van der Waals surface area contributed by atoms with Gasteiger partial charge in [0.25, 0.3) is 0 Å². The molecule has 0 aliphatic carbocycles.